The van der Waals surface area contributed by atoms with Crippen LogP contribution in [0.2, 0.25) is 0 Å². The van der Waals surface area contributed by atoms with E-state index in [0.717, 1.165) is 35.5 Å². The van der Waals surface area contributed by atoms with Crippen LogP contribution in [0.25, 0.3) is 0 Å². The lowest BCUT2D eigenvalue weighted by Gasteiger charge is -2.35. The number of hydrogen-bond donors (Lipinski definition) is 2. The van der Waals surface area contributed by atoms with Crippen molar-refractivity contribution >= 4 is 29.1 Å². The molecule has 0 aliphatic carbocycles. The van der Waals surface area contributed by atoms with Crippen LogP contribution in [0.5, 0.6) is 0 Å². The second-order valence-corrected chi connectivity index (χ2v) is 8.61. The van der Waals surface area contributed by atoms with Crippen LogP contribution in [0, 0.1) is 11.3 Å². The molecule has 0 radical (unpaired) electrons. The van der Waals surface area contributed by atoms with Crippen molar-refractivity contribution < 1.29 is 19.4 Å². The molecule has 0 spiro atoms. The molecule has 2 N–H and O–H groups in total. The zero-order chi connectivity index (χ0) is 23.5. The van der Waals surface area contributed by atoms with Crippen LogP contribution < -0.4 is 10.2 Å². The van der Waals surface area contributed by atoms with Gasteiger partial charge in [-0.15, -0.1) is 0 Å². The lowest BCUT2D eigenvalue weighted by atomic mass is 9.92. The molecule has 8 nitrogen and oxygen atoms in total. The maximum atomic E-state index is 11.9. The molecule has 8 heteroatoms. The highest BCUT2D eigenvalue weighted by Crippen LogP contribution is 2.41. The Morgan fingerprint density at radius 3 is 2.55 bits per heavy atom. The molecule has 2 fully saturated rings. The quantitative estimate of drug-likeness (QED) is 0.608. The average molecular weight is 449 g/mol. The summed E-state index contributed by atoms with van der Waals surface area (Å²) in [4.78, 5) is 27.2. The first-order chi connectivity index (χ1) is 15.9. The maximum Gasteiger partial charge on any atom is 0.407 e. The van der Waals surface area contributed by atoms with Gasteiger partial charge in [-0.1, -0.05) is 13.0 Å². The summed E-state index contributed by atoms with van der Waals surface area (Å²) in [7, 11) is 1.40. The molecule has 2 bridgehead atoms. The Labute approximate surface area is 193 Å². The molecule has 2 heterocycles. The highest BCUT2D eigenvalue weighted by molar-refractivity contribution is 5.78. The molecule has 2 aromatic carbocycles. The molecule has 0 aromatic heterocycles. The molecule has 2 aliphatic rings. The van der Waals surface area contributed by atoms with Gasteiger partial charge < -0.3 is 25.0 Å². The summed E-state index contributed by atoms with van der Waals surface area (Å²) in [5.41, 5.74) is 4.39. The van der Waals surface area contributed by atoms with E-state index in [1.54, 1.807) is 12.1 Å². The SMILES string of the molecule is CCC(CC(=O)OC)c1ccc(N2CC3CC2CN3C(=O)O)c(Nc2ccc(C#N)cc2)c1. The van der Waals surface area contributed by atoms with Crippen LogP contribution in [0.15, 0.2) is 42.5 Å². The van der Waals surface area contributed by atoms with E-state index in [1.807, 2.05) is 12.1 Å². The summed E-state index contributed by atoms with van der Waals surface area (Å²) in [5.74, 6) is -0.205. The van der Waals surface area contributed by atoms with Crippen molar-refractivity contribution in [1.82, 2.24) is 4.90 Å². The third-order valence-electron chi connectivity index (χ3n) is 6.71. The Balaban J connectivity index is 1.66. The molecule has 2 aliphatic heterocycles. The minimum absolute atomic E-state index is 0.00217. The highest BCUT2D eigenvalue weighted by atomic mass is 16.5. The third-order valence-corrected chi connectivity index (χ3v) is 6.71. The van der Waals surface area contributed by atoms with Crippen LogP contribution in [0.3, 0.4) is 0 Å². The lowest BCUT2D eigenvalue weighted by Crippen LogP contribution is -2.48. The van der Waals surface area contributed by atoms with Crippen molar-refractivity contribution in [3.63, 3.8) is 0 Å². The molecule has 0 saturated carbocycles. The largest absolute Gasteiger partial charge is 0.469 e. The molecule has 2 aromatic rings. The van der Waals surface area contributed by atoms with E-state index in [-0.39, 0.29) is 24.0 Å². The van der Waals surface area contributed by atoms with Gasteiger partial charge in [-0.25, -0.2) is 4.79 Å². The Bertz CT molecular complexity index is 1080. The van der Waals surface area contributed by atoms with Gasteiger partial charge in [0, 0.05) is 24.8 Å². The molecule has 3 unspecified atom stereocenters. The van der Waals surface area contributed by atoms with Crippen LogP contribution in [-0.2, 0) is 9.53 Å². The number of fused-ring (bicyclic) bond motifs is 2. The fourth-order valence-electron chi connectivity index (χ4n) is 4.92. The number of nitriles is 1. The molecule has 33 heavy (non-hydrogen) atoms. The molecule has 1 amide bonds. The number of methoxy groups -OCH3 is 1. The van der Waals surface area contributed by atoms with Gasteiger partial charge in [0.15, 0.2) is 0 Å². The summed E-state index contributed by atoms with van der Waals surface area (Å²) < 4.78 is 4.88. The predicted molar refractivity (Wildman–Crippen MR) is 125 cm³/mol. The smallest absolute Gasteiger partial charge is 0.407 e. The first-order valence-electron chi connectivity index (χ1n) is 11.2. The van der Waals surface area contributed by atoms with Gasteiger partial charge >= 0.3 is 12.1 Å². The number of ether oxygens (including phenoxy) is 1. The van der Waals surface area contributed by atoms with Crippen LogP contribution >= 0.6 is 0 Å². The molecule has 2 saturated heterocycles. The van der Waals surface area contributed by atoms with Gasteiger partial charge in [-0.2, -0.15) is 5.26 Å². The number of nitrogens with zero attached hydrogens (tertiary/aromatic N) is 3. The Hall–Kier alpha value is -3.73. The summed E-state index contributed by atoms with van der Waals surface area (Å²) in [5, 5.41) is 22.0. The van der Waals surface area contributed by atoms with Crippen molar-refractivity contribution in [3.05, 3.63) is 53.6 Å². The minimum atomic E-state index is -0.859. The molecule has 4 rings (SSSR count). The van der Waals surface area contributed by atoms with Crippen LogP contribution in [0.1, 0.15) is 43.2 Å². The third kappa shape index (κ3) is 4.58. The number of carboxylic acid groups (broad SMARTS) is 1. The highest BCUT2D eigenvalue weighted by Gasteiger charge is 2.46. The number of hydrogen-bond acceptors (Lipinski definition) is 6. The van der Waals surface area contributed by atoms with E-state index in [4.69, 9.17) is 10.00 Å². The van der Waals surface area contributed by atoms with Gasteiger partial charge in [-0.3, -0.25) is 4.79 Å². The number of carbonyl (C=O) groups is 2. The fraction of sp³-hybridized carbons (Fsp3) is 0.400. The fourth-order valence-corrected chi connectivity index (χ4v) is 4.92. The lowest BCUT2D eigenvalue weighted by molar-refractivity contribution is -0.141. The zero-order valence-corrected chi connectivity index (χ0v) is 18.8. The molecular formula is C25H28N4O4. The number of piperazine rings is 1. The van der Waals surface area contributed by atoms with Crippen molar-refractivity contribution in [3.8, 4) is 6.07 Å². The average Bonchev–Trinajstić information content (AvgIpc) is 3.44. The number of likely N-dealkylation sites (tertiary alicyclic amines) is 1. The number of rotatable bonds is 7. The summed E-state index contributed by atoms with van der Waals surface area (Å²) in [6.45, 7) is 3.20. The predicted octanol–water partition coefficient (Wildman–Crippen LogP) is 4.30. The first-order valence-corrected chi connectivity index (χ1v) is 11.2. The number of benzene rings is 2. The van der Waals surface area contributed by atoms with Gasteiger partial charge in [0.25, 0.3) is 0 Å². The monoisotopic (exact) mass is 448 g/mol. The molecular weight excluding hydrogens is 420 g/mol. The van der Waals surface area contributed by atoms with E-state index in [1.165, 1.54) is 12.0 Å². The van der Waals surface area contributed by atoms with Gasteiger partial charge in [0.1, 0.15) is 0 Å². The summed E-state index contributed by atoms with van der Waals surface area (Å²) >= 11 is 0. The Kier molecular flexibility index (Phi) is 6.40. The Morgan fingerprint density at radius 1 is 1.21 bits per heavy atom. The summed E-state index contributed by atoms with van der Waals surface area (Å²) in [6.07, 6.45) is 1.07. The topological polar surface area (TPSA) is 106 Å². The van der Waals surface area contributed by atoms with Crippen molar-refractivity contribution in [2.24, 2.45) is 0 Å². The number of anilines is 3. The van der Waals surface area contributed by atoms with Crippen LogP contribution in [0.4, 0.5) is 21.9 Å². The molecule has 3 atom stereocenters. The van der Waals surface area contributed by atoms with E-state index < -0.39 is 6.09 Å². The van der Waals surface area contributed by atoms with Crippen LogP contribution in [-0.4, -0.2) is 54.4 Å². The minimum Gasteiger partial charge on any atom is -0.469 e. The van der Waals surface area contributed by atoms with Gasteiger partial charge in [0.2, 0.25) is 0 Å². The van der Waals surface area contributed by atoms with E-state index in [2.05, 4.69) is 41.4 Å². The van der Waals surface area contributed by atoms with Gasteiger partial charge in [0.05, 0.1) is 42.6 Å². The first kappa shape index (κ1) is 22.5. The zero-order valence-electron chi connectivity index (χ0n) is 18.8. The Morgan fingerprint density at radius 2 is 1.97 bits per heavy atom. The van der Waals surface area contributed by atoms with E-state index in [9.17, 15) is 14.7 Å². The van der Waals surface area contributed by atoms with Gasteiger partial charge in [-0.05, 0) is 60.7 Å². The standard InChI is InChI=1S/C25H28N4O4/c1-3-17(11-24(30)33-2)18-6-9-23(28-14-21-12-20(28)15-29(21)25(31)32)22(10-18)27-19-7-4-16(13-26)5-8-19/h4-10,17,20-21,27H,3,11-12,14-15H2,1-2H3,(H,31,32). The number of esters is 1. The summed E-state index contributed by atoms with van der Waals surface area (Å²) in [6, 6.07) is 15.7. The number of amides is 1. The van der Waals surface area contributed by atoms with E-state index in [0.29, 0.717) is 25.1 Å². The second-order valence-electron chi connectivity index (χ2n) is 8.61. The van der Waals surface area contributed by atoms with Crippen molar-refractivity contribution in [2.45, 2.75) is 44.2 Å². The second kappa shape index (κ2) is 9.41. The van der Waals surface area contributed by atoms with E-state index >= 15 is 0 Å². The maximum absolute atomic E-state index is 11.9. The number of carbonyl (C=O) groups excluding carboxylic acids is 1. The van der Waals surface area contributed by atoms with Crippen molar-refractivity contribution in [1.29, 1.82) is 5.26 Å². The number of nitrogens with one attached hydrogen (secondary N) is 1. The molecule has 172 valence electrons. The van der Waals surface area contributed by atoms with Crippen molar-refractivity contribution in [2.75, 3.05) is 30.4 Å². The normalized spacial score (nSPS) is 19.8.